The number of hydrogen-bond acceptors (Lipinski definition) is 4. The molecule has 2 rings (SSSR count). The summed E-state index contributed by atoms with van der Waals surface area (Å²) in [7, 11) is 2.11. The maximum Gasteiger partial charge on any atom is 0.138 e. The van der Waals surface area contributed by atoms with Gasteiger partial charge in [-0.25, -0.2) is 0 Å². The maximum absolute atomic E-state index is 9.42. The first-order chi connectivity index (χ1) is 9.06. The fraction of sp³-hybridized carbons (Fsp3) is 0.333. The molecule has 0 aliphatic heterocycles. The van der Waals surface area contributed by atoms with E-state index in [1.54, 1.807) is 17.4 Å². The molecular weight excluding hydrogens is 256 g/mol. The van der Waals surface area contributed by atoms with Crippen molar-refractivity contribution in [3.8, 4) is 5.75 Å². The Morgan fingerprint density at radius 2 is 2.16 bits per heavy atom. The molecule has 0 radical (unpaired) electrons. The van der Waals surface area contributed by atoms with Gasteiger partial charge in [0.2, 0.25) is 0 Å². The molecule has 0 amide bonds. The molecule has 0 aliphatic rings. The number of phenolic OH excluding ortho intramolecular Hbond substituents is 1. The second-order valence-electron chi connectivity index (χ2n) is 4.94. The van der Waals surface area contributed by atoms with Gasteiger partial charge in [0.15, 0.2) is 0 Å². The highest BCUT2D eigenvalue weighted by atomic mass is 32.1. The molecule has 3 N–H and O–H groups in total. The zero-order chi connectivity index (χ0) is 13.8. The van der Waals surface area contributed by atoms with Crippen LogP contribution in [0, 0.1) is 0 Å². The second kappa shape index (κ2) is 6.08. The zero-order valence-electron chi connectivity index (χ0n) is 11.3. The summed E-state index contributed by atoms with van der Waals surface area (Å²) >= 11 is 1.80. The Hall–Kier alpha value is -1.52. The molecule has 0 saturated heterocycles. The lowest BCUT2D eigenvalue weighted by atomic mass is 10.1. The molecule has 1 aromatic heterocycles. The standard InChI is InChI=1S/C15H20N2OS/c1-11(8-13-4-3-7-19-13)17(2)10-12-5-6-15(18)14(16)9-12/h3-7,9,11,18H,8,10,16H2,1-2H3. The highest BCUT2D eigenvalue weighted by molar-refractivity contribution is 7.09. The minimum absolute atomic E-state index is 0.151. The van der Waals surface area contributed by atoms with Gasteiger partial charge >= 0.3 is 0 Å². The Labute approximate surface area is 118 Å². The van der Waals surface area contributed by atoms with Crippen molar-refractivity contribution in [1.29, 1.82) is 0 Å². The van der Waals surface area contributed by atoms with Crippen molar-refractivity contribution in [1.82, 2.24) is 4.90 Å². The summed E-state index contributed by atoms with van der Waals surface area (Å²) in [5.41, 5.74) is 7.28. The van der Waals surface area contributed by atoms with Gasteiger partial charge in [0.05, 0.1) is 5.69 Å². The molecule has 19 heavy (non-hydrogen) atoms. The summed E-state index contributed by atoms with van der Waals surface area (Å²) in [6.45, 7) is 3.06. The molecule has 4 heteroatoms. The van der Waals surface area contributed by atoms with Crippen molar-refractivity contribution >= 4 is 17.0 Å². The molecular formula is C15H20N2OS. The fourth-order valence-corrected chi connectivity index (χ4v) is 2.85. The molecule has 102 valence electrons. The van der Waals surface area contributed by atoms with Gasteiger partial charge in [-0.1, -0.05) is 12.1 Å². The van der Waals surface area contributed by atoms with E-state index >= 15 is 0 Å². The van der Waals surface area contributed by atoms with Crippen molar-refractivity contribution in [3.63, 3.8) is 0 Å². The van der Waals surface area contributed by atoms with Crippen LogP contribution in [0.5, 0.6) is 5.75 Å². The maximum atomic E-state index is 9.42. The van der Waals surface area contributed by atoms with E-state index in [0.29, 0.717) is 11.7 Å². The van der Waals surface area contributed by atoms with Gasteiger partial charge in [-0.05, 0) is 49.5 Å². The van der Waals surface area contributed by atoms with Gasteiger partial charge in [0, 0.05) is 17.5 Å². The number of hydrogen-bond donors (Lipinski definition) is 2. The highest BCUT2D eigenvalue weighted by Crippen LogP contribution is 2.22. The fourth-order valence-electron chi connectivity index (χ4n) is 2.02. The van der Waals surface area contributed by atoms with Gasteiger partial charge in [0.1, 0.15) is 5.75 Å². The molecule has 3 nitrogen and oxygen atoms in total. The van der Waals surface area contributed by atoms with Gasteiger partial charge in [-0.2, -0.15) is 0 Å². The summed E-state index contributed by atoms with van der Waals surface area (Å²) in [6.07, 6.45) is 1.06. The molecule has 2 aromatic rings. The van der Waals surface area contributed by atoms with E-state index < -0.39 is 0 Å². The van der Waals surface area contributed by atoms with Crippen LogP contribution >= 0.6 is 11.3 Å². The molecule has 1 aromatic carbocycles. The lowest BCUT2D eigenvalue weighted by Crippen LogP contribution is -2.30. The van der Waals surface area contributed by atoms with Crippen LogP contribution in [0.25, 0.3) is 0 Å². The molecule has 0 fully saturated rings. The Bertz CT molecular complexity index is 525. The molecule has 0 saturated carbocycles. The number of nitrogens with two attached hydrogens (primary N) is 1. The lowest BCUT2D eigenvalue weighted by molar-refractivity contribution is 0.249. The van der Waals surface area contributed by atoms with Gasteiger partial charge in [-0.15, -0.1) is 11.3 Å². The average Bonchev–Trinajstić information content (AvgIpc) is 2.86. The van der Waals surface area contributed by atoms with Crippen molar-refractivity contribution in [2.75, 3.05) is 12.8 Å². The Morgan fingerprint density at radius 3 is 2.79 bits per heavy atom. The third-order valence-electron chi connectivity index (χ3n) is 3.35. The topological polar surface area (TPSA) is 49.5 Å². The van der Waals surface area contributed by atoms with Crippen LogP contribution in [0.1, 0.15) is 17.4 Å². The van der Waals surface area contributed by atoms with Gasteiger partial charge < -0.3 is 10.8 Å². The summed E-state index contributed by atoms with van der Waals surface area (Å²) in [4.78, 5) is 3.70. The number of anilines is 1. The van der Waals surface area contributed by atoms with Crippen molar-refractivity contribution in [2.24, 2.45) is 0 Å². The smallest absolute Gasteiger partial charge is 0.138 e. The highest BCUT2D eigenvalue weighted by Gasteiger charge is 2.11. The van der Waals surface area contributed by atoms with E-state index in [1.165, 1.54) is 4.88 Å². The van der Waals surface area contributed by atoms with E-state index in [0.717, 1.165) is 18.5 Å². The number of thiophene rings is 1. The largest absolute Gasteiger partial charge is 0.506 e. The average molecular weight is 276 g/mol. The van der Waals surface area contributed by atoms with Crippen LogP contribution < -0.4 is 5.73 Å². The number of likely N-dealkylation sites (N-methyl/N-ethyl adjacent to an activating group) is 1. The quantitative estimate of drug-likeness (QED) is 0.651. The SMILES string of the molecule is CC(Cc1cccs1)N(C)Cc1ccc(O)c(N)c1. The van der Waals surface area contributed by atoms with E-state index in [4.69, 9.17) is 5.73 Å². The third kappa shape index (κ3) is 3.72. The minimum atomic E-state index is 0.151. The van der Waals surface area contributed by atoms with Crippen LogP contribution in [0.3, 0.4) is 0 Å². The second-order valence-corrected chi connectivity index (χ2v) is 5.97. The monoisotopic (exact) mass is 276 g/mol. The Kier molecular flexibility index (Phi) is 4.45. The van der Waals surface area contributed by atoms with Crippen LogP contribution in [-0.2, 0) is 13.0 Å². The minimum Gasteiger partial charge on any atom is -0.506 e. The van der Waals surface area contributed by atoms with E-state index in [1.807, 2.05) is 12.1 Å². The van der Waals surface area contributed by atoms with Crippen LogP contribution in [-0.4, -0.2) is 23.1 Å². The summed E-state index contributed by atoms with van der Waals surface area (Å²) < 4.78 is 0. The van der Waals surface area contributed by atoms with E-state index in [9.17, 15) is 5.11 Å². The molecule has 1 heterocycles. The van der Waals surface area contributed by atoms with Crippen LogP contribution in [0.4, 0.5) is 5.69 Å². The third-order valence-corrected chi connectivity index (χ3v) is 4.25. The predicted molar refractivity (Wildman–Crippen MR) is 81.5 cm³/mol. The van der Waals surface area contributed by atoms with Crippen molar-refractivity contribution < 1.29 is 5.11 Å². The molecule has 0 spiro atoms. The van der Waals surface area contributed by atoms with Crippen molar-refractivity contribution in [3.05, 3.63) is 46.2 Å². The summed E-state index contributed by atoms with van der Waals surface area (Å²) in [5, 5.41) is 11.5. The number of rotatable bonds is 5. The number of nitrogen functional groups attached to an aromatic ring is 1. The first-order valence-corrected chi connectivity index (χ1v) is 7.24. The molecule has 1 unspecified atom stereocenters. The van der Waals surface area contributed by atoms with Gasteiger partial charge in [-0.3, -0.25) is 4.90 Å². The predicted octanol–water partition coefficient (Wildman–Crippen LogP) is 3.10. The Morgan fingerprint density at radius 1 is 1.37 bits per heavy atom. The first kappa shape index (κ1) is 13.9. The number of phenols is 1. The lowest BCUT2D eigenvalue weighted by Gasteiger charge is -2.24. The summed E-state index contributed by atoms with van der Waals surface area (Å²) in [6, 6.07) is 10.1. The number of nitrogens with zero attached hydrogens (tertiary/aromatic N) is 1. The Balaban J connectivity index is 1.96. The molecule has 0 bridgehead atoms. The van der Waals surface area contributed by atoms with Gasteiger partial charge in [0.25, 0.3) is 0 Å². The number of aromatic hydroxyl groups is 1. The summed E-state index contributed by atoms with van der Waals surface area (Å²) in [5.74, 6) is 0.151. The van der Waals surface area contributed by atoms with Crippen molar-refractivity contribution in [2.45, 2.75) is 25.9 Å². The normalized spacial score (nSPS) is 12.8. The molecule has 1 atom stereocenters. The zero-order valence-corrected chi connectivity index (χ0v) is 12.2. The number of benzene rings is 1. The van der Waals surface area contributed by atoms with E-state index in [2.05, 4.69) is 36.4 Å². The first-order valence-electron chi connectivity index (χ1n) is 6.36. The molecule has 0 aliphatic carbocycles. The van der Waals surface area contributed by atoms with Crippen LogP contribution in [0.15, 0.2) is 35.7 Å². The van der Waals surface area contributed by atoms with E-state index in [-0.39, 0.29) is 5.75 Å². The van der Waals surface area contributed by atoms with Crippen LogP contribution in [0.2, 0.25) is 0 Å².